The van der Waals surface area contributed by atoms with E-state index in [9.17, 15) is 14.4 Å². The molecule has 110 valence electrons. The van der Waals surface area contributed by atoms with E-state index in [1.807, 2.05) is 0 Å². The zero-order valence-corrected chi connectivity index (χ0v) is 10.9. The molecule has 20 heavy (non-hydrogen) atoms. The largest absolute Gasteiger partial charge is 0.424 e. The highest BCUT2D eigenvalue weighted by Gasteiger charge is 2.42. The Bertz CT molecular complexity index is 356. The molecule has 1 N–H and O–H groups in total. The highest BCUT2D eigenvalue weighted by molar-refractivity contribution is 5.85. The molecule has 0 fully saturated rings. The summed E-state index contributed by atoms with van der Waals surface area (Å²) in [7, 11) is 0. The predicted molar refractivity (Wildman–Crippen MR) is 67.9 cm³/mol. The Morgan fingerprint density at radius 2 is 1.25 bits per heavy atom. The molecule has 0 radical (unpaired) electrons. The fourth-order valence-corrected chi connectivity index (χ4v) is 1.10. The third-order valence-electron chi connectivity index (χ3n) is 1.91. The van der Waals surface area contributed by atoms with Crippen LogP contribution in [0.1, 0.15) is 12.8 Å². The van der Waals surface area contributed by atoms with Crippen molar-refractivity contribution in [2.45, 2.75) is 18.8 Å². The van der Waals surface area contributed by atoms with E-state index in [0.29, 0.717) is 0 Å². The van der Waals surface area contributed by atoms with Crippen LogP contribution in [0.4, 0.5) is 0 Å². The molecule has 0 aliphatic carbocycles. The van der Waals surface area contributed by atoms with Gasteiger partial charge >= 0.3 is 23.9 Å². The number of carbonyl (C=O) groups excluding carboxylic acids is 3. The minimum Gasteiger partial charge on any atom is -0.396 e. The highest BCUT2D eigenvalue weighted by atomic mass is 16.9. The molecule has 0 spiro atoms. The van der Waals surface area contributed by atoms with Crippen molar-refractivity contribution < 1.29 is 33.7 Å². The maximum atomic E-state index is 11.3. The van der Waals surface area contributed by atoms with Crippen LogP contribution in [-0.4, -0.2) is 35.6 Å². The van der Waals surface area contributed by atoms with Crippen molar-refractivity contribution in [3.05, 3.63) is 38.0 Å². The average Bonchev–Trinajstić information content (AvgIpc) is 2.44. The zero-order chi connectivity index (χ0) is 15.6. The molecule has 0 rings (SSSR count). The molecule has 0 aromatic heterocycles. The van der Waals surface area contributed by atoms with Crippen molar-refractivity contribution in [3.63, 3.8) is 0 Å². The number of aliphatic hydroxyl groups excluding tert-OH is 1. The first-order valence-corrected chi connectivity index (χ1v) is 5.60. The van der Waals surface area contributed by atoms with E-state index < -0.39 is 23.9 Å². The van der Waals surface area contributed by atoms with Gasteiger partial charge < -0.3 is 19.3 Å². The first kappa shape index (κ1) is 17.6. The van der Waals surface area contributed by atoms with E-state index in [4.69, 9.17) is 19.3 Å². The molecule has 0 amide bonds. The maximum absolute atomic E-state index is 11.3. The molecule has 0 heterocycles. The Hall–Kier alpha value is -2.41. The van der Waals surface area contributed by atoms with E-state index in [1.165, 1.54) is 0 Å². The Morgan fingerprint density at radius 3 is 1.50 bits per heavy atom. The smallest absolute Gasteiger partial charge is 0.396 e. The summed E-state index contributed by atoms with van der Waals surface area (Å²) in [5.74, 6) is -5.23. The second kappa shape index (κ2) is 8.65. The standard InChI is InChI=1S/C13H16O7/c1-4-10(15)18-13(8-7-9-14,19-11(16)5-2)20-12(17)6-3/h4-6,14H,1-3,7-9H2. The summed E-state index contributed by atoms with van der Waals surface area (Å²) in [6.07, 6.45) is 2.19. The highest BCUT2D eigenvalue weighted by Crippen LogP contribution is 2.23. The second-order valence-electron chi connectivity index (χ2n) is 3.39. The predicted octanol–water partition coefficient (Wildman–Crippen LogP) is 0.600. The van der Waals surface area contributed by atoms with Crippen LogP contribution in [0.5, 0.6) is 0 Å². The molecular formula is C13H16O7. The van der Waals surface area contributed by atoms with Gasteiger partial charge in [-0.15, -0.1) is 0 Å². The topological polar surface area (TPSA) is 99.1 Å². The summed E-state index contributed by atoms with van der Waals surface area (Å²) in [5, 5.41) is 8.82. The molecule has 7 heteroatoms. The summed E-state index contributed by atoms with van der Waals surface area (Å²) in [6.45, 7) is 9.23. The second-order valence-corrected chi connectivity index (χ2v) is 3.39. The lowest BCUT2D eigenvalue weighted by atomic mass is 10.2. The van der Waals surface area contributed by atoms with Gasteiger partial charge in [0, 0.05) is 24.8 Å². The number of hydrogen-bond donors (Lipinski definition) is 1. The molecule has 0 aliphatic rings. The number of carbonyl (C=O) groups is 3. The quantitative estimate of drug-likeness (QED) is 0.376. The number of rotatable bonds is 9. The van der Waals surface area contributed by atoms with Crippen LogP contribution in [0.15, 0.2) is 38.0 Å². The fourth-order valence-electron chi connectivity index (χ4n) is 1.10. The molecule has 0 aromatic carbocycles. The SMILES string of the molecule is C=CC(=O)OC(CCCO)(OC(=O)C=C)OC(=O)C=C. The Morgan fingerprint density at radius 1 is 0.900 bits per heavy atom. The van der Waals surface area contributed by atoms with E-state index >= 15 is 0 Å². The lowest BCUT2D eigenvalue weighted by Gasteiger charge is -2.30. The van der Waals surface area contributed by atoms with E-state index in [0.717, 1.165) is 18.2 Å². The van der Waals surface area contributed by atoms with Crippen molar-refractivity contribution >= 4 is 17.9 Å². The van der Waals surface area contributed by atoms with Crippen LogP contribution in [0.25, 0.3) is 0 Å². The van der Waals surface area contributed by atoms with Gasteiger partial charge in [-0.3, -0.25) is 0 Å². The van der Waals surface area contributed by atoms with Crippen molar-refractivity contribution in [1.29, 1.82) is 0 Å². The van der Waals surface area contributed by atoms with Crippen LogP contribution in [-0.2, 0) is 28.6 Å². The lowest BCUT2D eigenvalue weighted by molar-refractivity contribution is -0.327. The van der Waals surface area contributed by atoms with E-state index in [2.05, 4.69) is 19.7 Å². The third kappa shape index (κ3) is 5.96. The van der Waals surface area contributed by atoms with Crippen molar-refractivity contribution in [2.24, 2.45) is 0 Å². The monoisotopic (exact) mass is 284 g/mol. The maximum Gasteiger partial charge on any atom is 0.424 e. The molecule has 0 saturated heterocycles. The van der Waals surface area contributed by atoms with Gasteiger partial charge in [0.2, 0.25) is 0 Å². The van der Waals surface area contributed by atoms with Gasteiger partial charge in [0.15, 0.2) is 0 Å². The van der Waals surface area contributed by atoms with Gasteiger partial charge in [-0.2, -0.15) is 0 Å². The Balaban J connectivity index is 5.33. The summed E-state index contributed by atoms with van der Waals surface area (Å²) < 4.78 is 14.4. The van der Waals surface area contributed by atoms with Crippen LogP contribution >= 0.6 is 0 Å². The van der Waals surface area contributed by atoms with Crippen LogP contribution in [0.3, 0.4) is 0 Å². The van der Waals surface area contributed by atoms with Crippen LogP contribution in [0.2, 0.25) is 0 Å². The summed E-state index contributed by atoms with van der Waals surface area (Å²) in [4.78, 5) is 33.9. The number of ether oxygens (including phenoxy) is 3. The third-order valence-corrected chi connectivity index (χ3v) is 1.91. The number of aliphatic hydroxyl groups is 1. The summed E-state index contributed by atoms with van der Waals surface area (Å²) in [5.41, 5.74) is 0. The van der Waals surface area contributed by atoms with Gasteiger partial charge in [-0.25, -0.2) is 14.4 Å². The van der Waals surface area contributed by atoms with Crippen molar-refractivity contribution in [3.8, 4) is 0 Å². The van der Waals surface area contributed by atoms with Crippen molar-refractivity contribution in [2.75, 3.05) is 6.61 Å². The van der Waals surface area contributed by atoms with E-state index in [1.54, 1.807) is 0 Å². The number of hydrogen-bond acceptors (Lipinski definition) is 7. The Labute approximate surface area is 116 Å². The first-order valence-electron chi connectivity index (χ1n) is 5.60. The minimum atomic E-state index is -2.30. The van der Waals surface area contributed by atoms with Gasteiger partial charge in [0.25, 0.3) is 0 Å². The molecule has 0 saturated carbocycles. The van der Waals surface area contributed by atoms with Crippen LogP contribution in [0, 0.1) is 0 Å². The normalized spacial score (nSPS) is 10.1. The lowest BCUT2D eigenvalue weighted by Crippen LogP contribution is -2.44. The Kier molecular flexibility index (Phi) is 7.61. The van der Waals surface area contributed by atoms with Gasteiger partial charge in [0.1, 0.15) is 0 Å². The molecule has 0 aromatic rings. The zero-order valence-electron chi connectivity index (χ0n) is 10.9. The van der Waals surface area contributed by atoms with Gasteiger partial charge in [-0.05, 0) is 6.42 Å². The van der Waals surface area contributed by atoms with Gasteiger partial charge in [-0.1, -0.05) is 19.7 Å². The molecule has 0 bridgehead atoms. The molecule has 0 atom stereocenters. The molecule has 7 nitrogen and oxygen atoms in total. The first-order chi connectivity index (χ1) is 9.42. The number of esters is 3. The average molecular weight is 284 g/mol. The minimum absolute atomic E-state index is 0.0409. The van der Waals surface area contributed by atoms with Crippen molar-refractivity contribution in [1.82, 2.24) is 0 Å². The van der Waals surface area contributed by atoms with E-state index in [-0.39, 0.29) is 19.4 Å². The van der Waals surface area contributed by atoms with Crippen LogP contribution < -0.4 is 0 Å². The molecule has 0 unspecified atom stereocenters. The van der Waals surface area contributed by atoms with Gasteiger partial charge in [0.05, 0.1) is 6.42 Å². The summed E-state index contributed by atoms with van der Waals surface area (Å²) in [6, 6.07) is 0. The molecule has 0 aliphatic heterocycles. The molecular weight excluding hydrogens is 268 g/mol. The fraction of sp³-hybridized carbons (Fsp3) is 0.308. The summed E-state index contributed by atoms with van der Waals surface area (Å²) >= 11 is 0.